The normalized spacial score (nSPS) is 9.72. The van der Waals surface area contributed by atoms with Crippen LogP contribution in [-0.2, 0) is 0 Å². The molecular formula is C16H28O2. The molecule has 0 atom stereocenters. The maximum absolute atomic E-state index is 5.62. The lowest BCUT2D eigenvalue weighted by Gasteiger charge is -2.12. The Morgan fingerprint density at radius 2 is 1.67 bits per heavy atom. The third-order valence-corrected chi connectivity index (χ3v) is 2.39. The van der Waals surface area contributed by atoms with Gasteiger partial charge in [0.25, 0.3) is 0 Å². The summed E-state index contributed by atoms with van der Waals surface area (Å²) < 4.78 is 10.9. The molecule has 2 nitrogen and oxygen atoms in total. The maximum atomic E-state index is 5.62. The van der Waals surface area contributed by atoms with Crippen LogP contribution in [0.5, 0.6) is 11.5 Å². The van der Waals surface area contributed by atoms with Gasteiger partial charge >= 0.3 is 0 Å². The van der Waals surface area contributed by atoms with Crippen LogP contribution in [-0.4, -0.2) is 13.7 Å². The second-order valence-corrected chi connectivity index (χ2v) is 4.86. The molecule has 0 fully saturated rings. The average Bonchev–Trinajstić information content (AvgIpc) is 2.37. The zero-order chi connectivity index (χ0) is 14.0. The van der Waals surface area contributed by atoms with Gasteiger partial charge in [-0.25, -0.2) is 0 Å². The Hall–Kier alpha value is -1.18. The van der Waals surface area contributed by atoms with Gasteiger partial charge in [-0.05, 0) is 30.5 Å². The van der Waals surface area contributed by atoms with Gasteiger partial charge in [-0.2, -0.15) is 0 Å². The molecule has 0 aliphatic heterocycles. The summed E-state index contributed by atoms with van der Waals surface area (Å²) in [5, 5.41) is 0. The number of ether oxygens (including phenoxy) is 2. The van der Waals surface area contributed by atoms with Crippen molar-refractivity contribution >= 4 is 0 Å². The topological polar surface area (TPSA) is 18.5 Å². The van der Waals surface area contributed by atoms with Crippen LogP contribution in [0.2, 0.25) is 0 Å². The summed E-state index contributed by atoms with van der Waals surface area (Å²) in [5.41, 5.74) is 1.18. The number of benzene rings is 1. The Morgan fingerprint density at radius 1 is 1.06 bits per heavy atom. The van der Waals surface area contributed by atoms with Crippen LogP contribution in [0.4, 0.5) is 0 Å². The summed E-state index contributed by atoms with van der Waals surface area (Å²) in [4.78, 5) is 0. The summed E-state index contributed by atoms with van der Waals surface area (Å²) in [6.07, 6.45) is 2.64. The fourth-order valence-corrected chi connectivity index (χ4v) is 1.15. The van der Waals surface area contributed by atoms with Gasteiger partial charge in [0.15, 0.2) is 11.5 Å². The zero-order valence-corrected chi connectivity index (χ0v) is 12.7. The lowest BCUT2D eigenvalue weighted by Crippen LogP contribution is -2.05. The van der Waals surface area contributed by atoms with Gasteiger partial charge < -0.3 is 9.47 Å². The van der Waals surface area contributed by atoms with Gasteiger partial charge in [0.05, 0.1) is 13.7 Å². The van der Waals surface area contributed by atoms with Crippen molar-refractivity contribution in [2.45, 2.75) is 47.5 Å². The van der Waals surface area contributed by atoms with E-state index in [1.807, 2.05) is 25.1 Å². The molecule has 1 aromatic rings. The number of aryl methyl sites for hydroxylation is 1. The summed E-state index contributed by atoms with van der Waals surface area (Å²) >= 11 is 0. The molecule has 0 amide bonds. The quantitative estimate of drug-likeness (QED) is 0.746. The van der Waals surface area contributed by atoms with Crippen molar-refractivity contribution in [3.63, 3.8) is 0 Å². The van der Waals surface area contributed by atoms with Crippen LogP contribution in [0.25, 0.3) is 0 Å². The molecule has 0 N–H and O–H groups in total. The zero-order valence-electron chi connectivity index (χ0n) is 12.7. The highest BCUT2D eigenvalue weighted by atomic mass is 16.5. The van der Waals surface area contributed by atoms with Crippen molar-refractivity contribution in [1.29, 1.82) is 0 Å². The molecular weight excluding hydrogens is 224 g/mol. The molecule has 0 aliphatic rings. The highest BCUT2D eigenvalue weighted by Crippen LogP contribution is 2.27. The van der Waals surface area contributed by atoms with Crippen molar-refractivity contribution in [2.24, 2.45) is 5.92 Å². The molecule has 0 spiro atoms. The fourth-order valence-electron chi connectivity index (χ4n) is 1.15. The molecule has 18 heavy (non-hydrogen) atoms. The van der Waals surface area contributed by atoms with E-state index in [1.165, 1.54) is 18.4 Å². The predicted molar refractivity (Wildman–Crippen MR) is 78.6 cm³/mol. The summed E-state index contributed by atoms with van der Waals surface area (Å²) in [6, 6.07) is 5.96. The minimum atomic E-state index is 0.529. The van der Waals surface area contributed by atoms with Crippen LogP contribution in [0.15, 0.2) is 18.2 Å². The van der Waals surface area contributed by atoms with Gasteiger partial charge in [0, 0.05) is 0 Å². The van der Waals surface area contributed by atoms with E-state index in [0.29, 0.717) is 5.92 Å². The maximum Gasteiger partial charge on any atom is 0.161 e. The molecule has 104 valence electrons. The van der Waals surface area contributed by atoms with Crippen molar-refractivity contribution in [2.75, 3.05) is 13.7 Å². The summed E-state index contributed by atoms with van der Waals surface area (Å²) in [5.74, 6) is 2.17. The summed E-state index contributed by atoms with van der Waals surface area (Å²) in [7, 11) is 1.66. The molecule has 0 bridgehead atoms. The molecule has 2 heteroatoms. The second-order valence-electron chi connectivity index (χ2n) is 4.86. The predicted octanol–water partition coefficient (Wildman–Crippen LogP) is 4.84. The Balaban J connectivity index is 0.000000631. The first-order chi connectivity index (χ1) is 8.54. The van der Waals surface area contributed by atoms with E-state index in [1.54, 1.807) is 7.11 Å². The molecule has 0 aromatic heterocycles. The van der Waals surface area contributed by atoms with Crippen LogP contribution in [0.1, 0.15) is 46.1 Å². The number of rotatable bonds is 5. The van der Waals surface area contributed by atoms with Crippen LogP contribution < -0.4 is 9.47 Å². The molecule has 0 saturated carbocycles. The first kappa shape index (κ1) is 16.8. The fraction of sp³-hybridized carbons (Fsp3) is 0.625. The third kappa shape index (κ3) is 7.21. The molecule has 0 radical (unpaired) electrons. The number of hydrogen-bond donors (Lipinski definition) is 0. The highest BCUT2D eigenvalue weighted by molar-refractivity contribution is 5.42. The van der Waals surface area contributed by atoms with Crippen LogP contribution in [0.3, 0.4) is 0 Å². The minimum absolute atomic E-state index is 0.529. The van der Waals surface area contributed by atoms with Gasteiger partial charge in [0.2, 0.25) is 0 Å². The molecule has 0 unspecified atom stereocenters. The molecule has 0 heterocycles. The lowest BCUT2D eigenvalue weighted by molar-refractivity contribution is 0.257. The van der Waals surface area contributed by atoms with Gasteiger partial charge in [-0.1, -0.05) is 46.6 Å². The Labute approximate surface area is 112 Å². The van der Waals surface area contributed by atoms with Crippen molar-refractivity contribution in [1.82, 2.24) is 0 Å². The molecule has 1 aromatic carbocycles. The average molecular weight is 252 g/mol. The van der Waals surface area contributed by atoms with Crippen molar-refractivity contribution in [3.8, 4) is 11.5 Å². The van der Waals surface area contributed by atoms with Crippen molar-refractivity contribution in [3.05, 3.63) is 23.8 Å². The van der Waals surface area contributed by atoms with Gasteiger partial charge in [-0.3, -0.25) is 0 Å². The molecule has 1 rings (SSSR count). The molecule has 0 saturated heterocycles. The summed E-state index contributed by atoms with van der Waals surface area (Å²) in [6.45, 7) is 11.4. The van der Waals surface area contributed by atoms with E-state index < -0.39 is 0 Å². The standard InChI is InChI=1S/C12H18O2.C4H10/c1-9(2)8-14-11-6-5-10(3)7-12(11)13-4;1-3-4-2/h5-7,9H,8H2,1-4H3;3-4H2,1-2H3. The van der Waals surface area contributed by atoms with E-state index in [4.69, 9.17) is 9.47 Å². The SMILES string of the molecule is CCCC.COc1cc(C)ccc1OCC(C)C. The lowest BCUT2D eigenvalue weighted by atomic mass is 10.2. The van der Waals surface area contributed by atoms with Crippen LogP contribution in [0, 0.1) is 12.8 Å². The third-order valence-electron chi connectivity index (χ3n) is 2.39. The number of methoxy groups -OCH3 is 1. The minimum Gasteiger partial charge on any atom is -0.493 e. The van der Waals surface area contributed by atoms with E-state index in [2.05, 4.69) is 27.7 Å². The Kier molecular flexibility index (Phi) is 9.17. The Bertz CT molecular complexity index is 317. The van der Waals surface area contributed by atoms with E-state index in [-0.39, 0.29) is 0 Å². The molecule has 0 aliphatic carbocycles. The van der Waals surface area contributed by atoms with E-state index >= 15 is 0 Å². The van der Waals surface area contributed by atoms with Crippen LogP contribution >= 0.6 is 0 Å². The smallest absolute Gasteiger partial charge is 0.161 e. The number of hydrogen-bond acceptors (Lipinski definition) is 2. The number of unbranched alkanes of at least 4 members (excludes halogenated alkanes) is 1. The highest BCUT2D eigenvalue weighted by Gasteiger charge is 2.04. The second kappa shape index (κ2) is 9.81. The van der Waals surface area contributed by atoms with Gasteiger partial charge in [-0.15, -0.1) is 0 Å². The van der Waals surface area contributed by atoms with E-state index in [9.17, 15) is 0 Å². The van der Waals surface area contributed by atoms with Crippen molar-refractivity contribution < 1.29 is 9.47 Å². The van der Waals surface area contributed by atoms with Gasteiger partial charge in [0.1, 0.15) is 0 Å². The first-order valence-electron chi connectivity index (χ1n) is 6.82. The first-order valence-corrected chi connectivity index (χ1v) is 6.82. The largest absolute Gasteiger partial charge is 0.493 e. The monoisotopic (exact) mass is 252 g/mol. The Morgan fingerprint density at radius 3 is 2.11 bits per heavy atom. The van der Waals surface area contributed by atoms with E-state index in [0.717, 1.165) is 18.1 Å².